The van der Waals surface area contributed by atoms with Crippen LogP contribution in [0.1, 0.15) is 32.6 Å². The molecule has 0 saturated carbocycles. The average molecular weight is 211 g/mol. The highest BCUT2D eigenvalue weighted by molar-refractivity contribution is 6.06. The van der Waals surface area contributed by atoms with E-state index < -0.39 is 11.5 Å². The predicted molar refractivity (Wildman–Crippen MR) is 49.7 cm³/mol. The van der Waals surface area contributed by atoms with Crippen LogP contribution in [0.2, 0.25) is 0 Å². The number of nitrogens with zero attached hydrogens (tertiary/aromatic N) is 1. The Morgan fingerprint density at radius 3 is 2.33 bits per heavy atom. The van der Waals surface area contributed by atoms with Crippen LogP contribution in [0.15, 0.2) is 0 Å². The third-order valence-corrected chi connectivity index (χ3v) is 3.09. The van der Waals surface area contributed by atoms with E-state index in [2.05, 4.69) is 0 Å². The van der Waals surface area contributed by atoms with Crippen molar-refractivity contribution in [3.8, 4) is 0 Å². The monoisotopic (exact) mass is 211 g/mol. The number of fused-ring (bicyclic) bond motifs is 1. The summed E-state index contributed by atoms with van der Waals surface area (Å²) in [6.45, 7) is 1.99. The van der Waals surface area contributed by atoms with Crippen molar-refractivity contribution >= 4 is 17.8 Å². The summed E-state index contributed by atoms with van der Waals surface area (Å²) in [6, 6.07) is 0. The molecular weight excluding hydrogens is 198 g/mol. The predicted octanol–water partition coefficient (Wildman–Crippen LogP) is 0.231. The number of ether oxygens (including phenoxy) is 1. The Morgan fingerprint density at radius 2 is 1.87 bits per heavy atom. The highest BCUT2D eigenvalue weighted by atomic mass is 16.5. The number of amides is 2. The largest absolute Gasteiger partial charge is 0.464 e. The molecule has 2 rings (SSSR count). The molecule has 0 radical (unpaired) electrons. The fourth-order valence-electron chi connectivity index (χ4n) is 2.38. The van der Waals surface area contributed by atoms with Crippen molar-refractivity contribution in [3.63, 3.8) is 0 Å². The molecule has 0 N–H and O–H groups in total. The normalized spacial score (nSPS) is 23.1. The zero-order valence-electron chi connectivity index (χ0n) is 8.62. The standard InChI is InChI=1S/C10H13NO4/c1-2-15-9(14)10-5-3-7(12)11(10)8(13)4-6-10/h2-6H2,1H3. The van der Waals surface area contributed by atoms with Crippen LogP contribution in [-0.4, -0.2) is 34.8 Å². The molecule has 2 aliphatic heterocycles. The van der Waals surface area contributed by atoms with E-state index in [1.54, 1.807) is 6.92 Å². The Labute approximate surface area is 87.4 Å². The topological polar surface area (TPSA) is 63.7 Å². The Balaban J connectivity index is 2.30. The average Bonchev–Trinajstić information content (AvgIpc) is 2.70. The molecule has 2 fully saturated rings. The Bertz CT molecular complexity index is 316. The van der Waals surface area contributed by atoms with Gasteiger partial charge in [-0.25, -0.2) is 4.79 Å². The molecule has 2 amide bonds. The fourth-order valence-corrected chi connectivity index (χ4v) is 2.38. The number of hydrogen-bond donors (Lipinski definition) is 0. The van der Waals surface area contributed by atoms with E-state index in [0.29, 0.717) is 12.8 Å². The van der Waals surface area contributed by atoms with Crippen LogP contribution in [0.25, 0.3) is 0 Å². The quantitative estimate of drug-likeness (QED) is 0.484. The van der Waals surface area contributed by atoms with Gasteiger partial charge in [0.2, 0.25) is 11.8 Å². The van der Waals surface area contributed by atoms with Gasteiger partial charge >= 0.3 is 5.97 Å². The number of esters is 1. The van der Waals surface area contributed by atoms with Gasteiger partial charge in [-0.2, -0.15) is 0 Å². The number of carbonyl (C=O) groups is 3. The summed E-state index contributed by atoms with van der Waals surface area (Å²) in [6.07, 6.45) is 1.36. The SMILES string of the molecule is CCOC(=O)C12CCC(=O)N1C(=O)CC2. The first-order valence-electron chi connectivity index (χ1n) is 5.15. The Morgan fingerprint density at radius 1 is 1.33 bits per heavy atom. The van der Waals surface area contributed by atoms with Crippen molar-refractivity contribution in [2.45, 2.75) is 38.1 Å². The minimum Gasteiger partial charge on any atom is -0.464 e. The van der Waals surface area contributed by atoms with Gasteiger partial charge in [0.05, 0.1) is 6.61 Å². The van der Waals surface area contributed by atoms with Crippen LogP contribution in [0.5, 0.6) is 0 Å². The molecule has 2 aliphatic rings. The lowest BCUT2D eigenvalue weighted by Gasteiger charge is -2.27. The number of imide groups is 1. The smallest absolute Gasteiger partial charge is 0.332 e. The first-order valence-corrected chi connectivity index (χ1v) is 5.15. The van der Waals surface area contributed by atoms with Gasteiger partial charge in [0, 0.05) is 12.8 Å². The molecule has 0 aliphatic carbocycles. The zero-order chi connectivity index (χ0) is 11.1. The lowest BCUT2D eigenvalue weighted by molar-refractivity contribution is -0.161. The highest BCUT2D eigenvalue weighted by Gasteiger charge is 2.58. The van der Waals surface area contributed by atoms with Crippen molar-refractivity contribution in [3.05, 3.63) is 0 Å². The molecular formula is C10H13NO4. The van der Waals surface area contributed by atoms with E-state index in [1.807, 2.05) is 0 Å². The summed E-state index contributed by atoms with van der Waals surface area (Å²) in [5.41, 5.74) is -0.968. The van der Waals surface area contributed by atoms with Gasteiger partial charge < -0.3 is 4.74 Å². The fraction of sp³-hybridized carbons (Fsp3) is 0.700. The summed E-state index contributed by atoms with van der Waals surface area (Å²) in [4.78, 5) is 35.8. The maximum Gasteiger partial charge on any atom is 0.332 e. The molecule has 82 valence electrons. The van der Waals surface area contributed by atoms with E-state index >= 15 is 0 Å². The van der Waals surface area contributed by atoms with Crippen LogP contribution in [0.3, 0.4) is 0 Å². The second-order valence-corrected chi connectivity index (χ2v) is 3.87. The van der Waals surface area contributed by atoms with Crippen molar-refractivity contribution < 1.29 is 19.1 Å². The second-order valence-electron chi connectivity index (χ2n) is 3.87. The maximum atomic E-state index is 11.8. The molecule has 2 heterocycles. The molecule has 0 atom stereocenters. The molecule has 5 heteroatoms. The maximum absolute atomic E-state index is 11.8. The number of carbonyl (C=O) groups excluding carboxylic acids is 3. The third-order valence-electron chi connectivity index (χ3n) is 3.09. The van der Waals surface area contributed by atoms with Crippen molar-refractivity contribution in [1.82, 2.24) is 4.90 Å². The lowest BCUT2D eigenvalue weighted by Crippen LogP contribution is -2.49. The van der Waals surface area contributed by atoms with E-state index in [9.17, 15) is 14.4 Å². The van der Waals surface area contributed by atoms with Gasteiger partial charge in [-0.15, -0.1) is 0 Å². The summed E-state index contributed by atoms with van der Waals surface area (Å²) in [7, 11) is 0. The summed E-state index contributed by atoms with van der Waals surface area (Å²) >= 11 is 0. The summed E-state index contributed by atoms with van der Waals surface area (Å²) in [5, 5.41) is 0. The van der Waals surface area contributed by atoms with Gasteiger partial charge in [-0.1, -0.05) is 0 Å². The van der Waals surface area contributed by atoms with Crippen molar-refractivity contribution in [1.29, 1.82) is 0 Å². The Hall–Kier alpha value is -1.39. The van der Waals surface area contributed by atoms with E-state index in [0.717, 1.165) is 4.90 Å². The van der Waals surface area contributed by atoms with E-state index in [4.69, 9.17) is 4.74 Å². The zero-order valence-corrected chi connectivity index (χ0v) is 8.62. The van der Waals surface area contributed by atoms with Crippen LogP contribution >= 0.6 is 0 Å². The molecule has 2 saturated heterocycles. The highest BCUT2D eigenvalue weighted by Crippen LogP contribution is 2.41. The summed E-state index contributed by atoms with van der Waals surface area (Å²) in [5.74, 6) is -0.919. The molecule has 0 aromatic heterocycles. The molecule has 5 nitrogen and oxygen atoms in total. The van der Waals surface area contributed by atoms with E-state index in [1.165, 1.54) is 0 Å². The first-order chi connectivity index (χ1) is 7.12. The molecule has 0 aromatic rings. The van der Waals surface area contributed by atoms with Crippen molar-refractivity contribution in [2.75, 3.05) is 6.61 Å². The van der Waals surface area contributed by atoms with Gasteiger partial charge in [0.25, 0.3) is 0 Å². The second kappa shape index (κ2) is 3.32. The van der Waals surface area contributed by atoms with Crippen LogP contribution < -0.4 is 0 Å². The molecule has 0 aromatic carbocycles. The number of rotatable bonds is 2. The van der Waals surface area contributed by atoms with Crippen LogP contribution in [0.4, 0.5) is 0 Å². The number of hydrogen-bond acceptors (Lipinski definition) is 4. The minimum atomic E-state index is -0.968. The third kappa shape index (κ3) is 1.26. The molecule has 0 unspecified atom stereocenters. The van der Waals surface area contributed by atoms with Crippen LogP contribution in [-0.2, 0) is 19.1 Å². The Kier molecular flexibility index (Phi) is 2.25. The van der Waals surface area contributed by atoms with E-state index in [-0.39, 0.29) is 31.3 Å². The molecule has 15 heavy (non-hydrogen) atoms. The van der Waals surface area contributed by atoms with Gasteiger partial charge in [-0.3, -0.25) is 14.5 Å². The van der Waals surface area contributed by atoms with Gasteiger partial charge in [0.15, 0.2) is 0 Å². The van der Waals surface area contributed by atoms with Gasteiger partial charge in [0.1, 0.15) is 5.54 Å². The minimum absolute atomic E-state index is 0.245. The first kappa shape index (κ1) is 10.1. The van der Waals surface area contributed by atoms with Gasteiger partial charge in [-0.05, 0) is 19.8 Å². The summed E-state index contributed by atoms with van der Waals surface area (Å²) < 4.78 is 4.94. The molecule has 0 bridgehead atoms. The van der Waals surface area contributed by atoms with Crippen LogP contribution in [0, 0.1) is 0 Å². The lowest BCUT2D eigenvalue weighted by atomic mass is 9.94. The molecule has 0 spiro atoms. The van der Waals surface area contributed by atoms with Crippen molar-refractivity contribution in [2.24, 2.45) is 0 Å².